The lowest BCUT2D eigenvalue weighted by molar-refractivity contribution is -0.147. The predicted molar refractivity (Wildman–Crippen MR) is 101 cm³/mol. The van der Waals surface area contributed by atoms with Crippen LogP contribution in [0.5, 0.6) is 0 Å². The molecule has 1 amide bonds. The van der Waals surface area contributed by atoms with Crippen LogP contribution in [0.15, 0.2) is 30.3 Å². The Morgan fingerprint density at radius 1 is 1.40 bits per heavy atom. The summed E-state index contributed by atoms with van der Waals surface area (Å²) in [5, 5.41) is 6.33. The van der Waals surface area contributed by atoms with Gasteiger partial charge in [-0.1, -0.05) is 32.0 Å². The molecule has 0 bridgehead atoms. The summed E-state index contributed by atoms with van der Waals surface area (Å²) >= 11 is 5.44. The maximum absolute atomic E-state index is 12.2. The molecule has 1 unspecified atom stereocenters. The molecule has 1 aromatic carbocycles. The number of thiocarbonyl (C=S) groups is 1. The fourth-order valence-electron chi connectivity index (χ4n) is 2.50. The number of hydrogen-bond acceptors (Lipinski definition) is 4. The lowest BCUT2D eigenvalue weighted by atomic mass is 10.1. The first-order valence-electron chi connectivity index (χ1n) is 8.53. The average Bonchev–Trinajstić information content (AvgIpc) is 2.57. The highest BCUT2D eigenvalue weighted by molar-refractivity contribution is 7.80. The van der Waals surface area contributed by atoms with Gasteiger partial charge in [0, 0.05) is 18.8 Å². The maximum atomic E-state index is 12.2. The van der Waals surface area contributed by atoms with Crippen molar-refractivity contribution in [2.75, 3.05) is 25.0 Å². The number of para-hydroxylation sites is 1. The molecular formula is C18H25N3O3S. The molecule has 136 valence electrons. The van der Waals surface area contributed by atoms with Crippen LogP contribution >= 0.6 is 12.2 Å². The zero-order valence-electron chi connectivity index (χ0n) is 14.7. The third kappa shape index (κ3) is 6.01. The van der Waals surface area contributed by atoms with Crippen LogP contribution in [0.1, 0.15) is 26.7 Å². The average molecular weight is 363 g/mol. The van der Waals surface area contributed by atoms with E-state index in [0.29, 0.717) is 30.7 Å². The molecular weight excluding hydrogens is 338 g/mol. The van der Waals surface area contributed by atoms with Gasteiger partial charge in [-0.2, -0.15) is 0 Å². The number of carbonyl (C=O) groups excluding carboxylic acids is 2. The molecule has 2 rings (SSSR count). The van der Waals surface area contributed by atoms with Gasteiger partial charge in [-0.3, -0.25) is 9.59 Å². The Hall–Kier alpha value is -2.15. The molecule has 1 fully saturated rings. The lowest BCUT2D eigenvalue weighted by Gasteiger charge is -2.36. The van der Waals surface area contributed by atoms with Gasteiger partial charge >= 0.3 is 5.97 Å². The Bertz CT molecular complexity index is 607. The largest absolute Gasteiger partial charge is 0.466 e. The van der Waals surface area contributed by atoms with Crippen molar-refractivity contribution in [3.63, 3.8) is 0 Å². The van der Waals surface area contributed by atoms with Crippen LogP contribution in [-0.4, -0.2) is 47.6 Å². The SMILES string of the molecule is CC(C)CCOC(=O)CC1C(=O)NCCN1C(=S)Nc1ccccc1. The number of ether oxygens (including phenoxy) is 1. The molecule has 1 aromatic rings. The van der Waals surface area contributed by atoms with Gasteiger partial charge < -0.3 is 20.3 Å². The first kappa shape index (κ1) is 19.2. The van der Waals surface area contributed by atoms with Crippen LogP contribution in [0, 0.1) is 5.92 Å². The smallest absolute Gasteiger partial charge is 0.308 e. The molecule has 0 radical (unpaired) electrons. The summed E-state index contributed by atoms with van der Waals surface area (Å²) in [5.74, 6) is -0.121. The molecule has 1 aliphatic heterocycles. The van der Waals surface area contributed by atoms with Crippen molar-refractivity contribution < 1.29 is 14.3 Å². The monoisotopic (exact) mass is 363 g/mol. The minimum Gasteiger partial charge on any atom is -0.466 e. The first-order chi connectivity index (χ1) is 12.0. The number of esters is 1. The number of rotatable bonds is 6. The standard InChI is InChI=1S/C18H25N3O3S/c1-13(2)8-11-24-16(22)12-15-17(23)19-9-10-21(15)18(25)20-14-6-4-3-5-7-14/h3-7,13,15H,8-12H2,1-2H3,(H,19,23)(H,20,25). The van der Waals surface area contributed by atoms with Gasteiger partial charge in [0.15, 0.2) is 5.11 Å². The van der Waals surface area contributed by atoms with E-state index in [1.807, 2.05) is 30.3 Å². The fourth-order valence-corrected chi connectivity index (χ4v) is 2.84. The molecule has 6 nitrogen and oxygen atoms in total. The van der Waals surface area contributed by atoms with Crippen molar-refractivity contribution in [2.45, 2.75) is 32.7 Å². The van der Waals surface area contributed by atoms with Crippen molar-refractivity contribution in [3.05, 3.63) is 30.3 Å². The Morgan fingerprint density at radius 3 is 2.80 bits per heavy atom. The molecule has 2 N–H and O–H groups in total. The number of hydrogen-bond donors (Lipinski definition) is 2. The number of piperazine rings is 1. The highest BCUT2D eigenvalue weighted by atomic mass is 32.1. The van der Waals surface area contributed by atoms with E-state index in [4.69, 9.17) is 17.0 Å². The highest BCUT2D eigenvalue weighted by Gasteiger charge is 2.33. The van der Waals surface area contributed by atoms with Gasteiger partial charge in [0.2, 0.25) is 5.91 Å². The van der Waals surface area contributed by atoms with Crippen molar-refractivity contribution >= 4 is 34.9 Å². The second-order valence-corrected chi connectivity index (χ2v) is 6.79. The normalized spacial score (nSPS) is 17.2. The summed E-state index contributed by atoms with van der Waals surface area (Å²) < 4.78 is 5.24. The Kier molecular flexibility index (Phi) is 7.18. The Balaban J connectivity index is 1.96. The van der Waals surface area contributed by atoms with Crippen molar-refractivity contribution in [3.8, 4) is 0 Å². The van der Waals surface area contributed by atoms with E-state index in [2.05, 4.69) is 24.5 Å². The van der Waals surface area contributed by atoms with Crippen LogP contribution in [0.3, 0.4) is 0 Å². The van der Waals surface area contributed by atoms with Gasteiger partial charge in [0.05, 0.1) is 13.0 Å². The second-order valence-electron chi connectivity index (χ2n) is 6.40. The molecule has 0 spiro atoms. The van der Waals surface area contributed by atoms with Crippen LogP contribution < -0.4 is 10.6 Å². The van der Waals surface area contributed by atoms with Crippen LogP contribution in [0.25, 0.3) is 0 Å². The van der Waals surface area contributed by atoms with Crippen LogP contribution in [0.2, 0.25) is 0 Å². The summed E-state index contributed by atoms with van der Waals surface area (Å²) in [6.07, 6.45) is 0.792. The van der Waals surface area contributed by atoms with E-state index in [1.165, 1.54) is 0 Å². The van der Waals surface area contributed by atoms with Gasteiger partial charge in [-0.25, -0.2) is 0 Å². The minimum atomic E-state index is -0.649. The zero-order chi connectivity index (χ0) is 18.2. The number of carbonyl (C=O) groups is 2. The van der Waals surface area contributed by atoms with Gasteiger partial charge in [0.1, 0.15) is 6.04 Å². The number of amides is 1. The molecule has 7 heteroatoms. The molecule has 0 aliphatic carbocycles. The summed E-state index contributed by atoms with van der Waals surface area (Å²) in [6.45, 7) is 5.55. The Labute approximate surface area is 153 Å². The molecule has 25 heavy (non-hydrogen) atoms. The van der Waals surface area contributed by atoms with E-state index in [-0.39, 0.29) is 18.3 Å². The van der Waals surface area contributed by atoms with Crippen LogP contribution in [0.4, 0.5) is 5.69 Å². The quantitative estimate of drug-likeness (QED) is 0.596. The topological polar surface area (TPSA) is 70.7 Å². The summed E-state index contributed by atoms with van der Waals surface area (Å²) in [5.41, 5.74) is 0.844. The molecule has 0 saturated carbocycles. The summed E-state index contributed by atoms with van der Waals surface area (Å²) in [4.78, 5) is 26.1. The molecule has 0 aromatic heterocycles. The van der Waals surface area contributed by atoms with Gasteiger partial charge in [-0.05, 0) is 36.7 Å². The van der Waals surface area contributed by atoms with Crippen molar-refractivity contribution in [1.82, 2.24) is 10.2 Å². The number of nitrogens with zero attached hydrogens (tertiary/aromatic N) is 1. The summed E-state index contributed by atoms with van der Waals surface area (Å²) in [6, 6.07) is 8.86. The molecule has 1 heterocycles. The van der Waals surface area contributed by atoms with E-state index in [9.17, 15) is 9.59 Å². The maximum Gasteiger partial charge on any atom is 0.308 e. The number of nitrogens with one attached hydrogen (secondary N) is 2. The van der Waals surface area contributed by atoms with E-state index < -0.39 is 6.04 Å². The van der Waals surface area contributed by atoms with Crippen molar-refractivity contribution in [2.24, 2.45) is 5.92 Å². The zero-order valence-corrected chi connectivity index (χ0v) is 15.5. The molecule has 1 saturated heterocycles. The molecule has 1 aliphatic rings. The fraction of sp³-hybridized carbons (Fsp3) is 0.500. The second kappa shape index (κ2) is 9.36. The first-order valence-corrected chi connectivity index (χ1v) is 8.94. The number of anilines is 1. The Morgan fingerprint density at radius 2 is 2.12 bits per heavy atom. The molecule has 1 atom stereocenters. The lowest BCUT2D eigenvalue weighted by Crippen LogP contribution is -2.58. The van der Waals surface area contributed by atoms with E-state index in [0.717, 1.165) is 12.1 Å². The third-order valence-electron chi connectivity index (χ3n) is 3.93. The van der Waals surface area contributed by atoms with Crippen LogP contribution in [-0.2, 0) is 14.3 Å². The van der Waals surface area contributed by atoms with E-state index >= 15 is 0 Å². The summed E-state index contributed by atoms with van der Waals surface area (Å²) in [7, 11) is 0. The van der Waals surface area contributed by atoms with E-state index in [1.54, 1.807) is 4.90 Å². The van der Waals surface area contributed by atoms with Gasteiger partial charge in [0.25, 0.3) is 0 Å². The minimum absolute atomic E-state index is 0.0134. The van der Waals surface area contributed by atoms with Gasteiger partial charge in [-0.15, -0.1) is 0 Å². The van der Waals surface area contributed by atoms with Crippen molar-refractivity contribution in [1.29, 1.82) is 0 Å². The predicted octanol–water partition coefficient (Wildman–Crippen LogP) is 2.16. The highest BCUT2D eigenvalue weighted by Crippen LogP contribution is 2.14. The third-order valence-corrected chi connectivity index (χ3v) is 4.27. The number of benzene rings is 1.